The molecule has 0 amide bonds. The smallest absolute Gasteiger partial charge is 0.191 e. The molecular weight excluding hydrogens is 395 g/mol. The van der Waals surface area contributed by atoms with E-state index in [-0.39, 0.29) is 5.82 Å². The van der Waals surface area contributed by atoms with Crippen LogP contribution >= 0.6 is 0 Å². The van der Waals surface area contributed by atoms with Gasteiger partial charge in [-0.05, 0) is 42.7 Å². The summed E-state index contributed by atoms with van der Waals surface area (Å²) in [4.78, 5) is 6.89. The number of morpholine rings is 1. The summed E-state index contributed by atoms with van der Waals surface area (Å²) in [5, 5.41) is 11.4. The van der Waals surface area contributed by atoms with Crippen LogP contribution in [0.5, 0.6) is 0 Å². The molecule has 0 bridgehead atoms. The molecule has 3 rings (SSSR count). The Morgan fingerprint density at radius 2 is 1.90 bits per heavy atom. The number of hydrogen-bond donors (Lipinski definition) is 2. The molecule has 1 saturated heterocycles. The number of guanidine groups is 1. The van der Waals surface area contributed by atoms with Gasteiger partial charge in [-0.3, -0.25) is 9.89 Å². The van der Waals surface area contributed by atoms with Crippen molar-refractivity contribution in [2.45, 2.75) is 32.7 Å². The minimum absolute atomic E-state index is 0.247. The predicted octanol–water partition coefficient (Wildman–Crippen LogP) is 2.47. The minimum atomic E-state index is -0.247. The van der Waals surface area contributed by atoms with Gasteiger partial charge in [-0.2, -0.15) is 5.10 Å². The quantitative estimate of drug-likeness (QED) is 0.473. The first-order chi connectivity index (χ1) is 15.0. The lowest BCUT2D eigenvalue weighted by molar-refractivity contribution is 0.0132. The monoisotopic (exact) mass is 430 g/mol. The Kier molecular flexibility index (Phi) is 8.85. The molecule has 2 N–H and O–H groups in total. The van der Waals surface area contributed by atoms with Crippen molar-refractivity contribution in [1.29, 1.82) is 0 Å². The highest BCUT2D eigenvalue weighted by Gasteiger charge is 2.22. The molecule has 1 atom stereocenters. The highest BCUT2D eigenvalue weighted by atomic mass is 19.1. The Morgan fingerprint density at radius 3 is 2.58 bits per heavy atom. The van der Waals surface area contributed by atoms with Gasteiger partial charge in [-0.15, -0.1) is 0 Å². The van der Waals surface area contributed by atoms with Crippen LogP contribution in [0.2, 0.25) is 0 Å². The summed E-state index contributed by atoms with van der Waals surface area (Å²) in [6.07, 6.45) is 3.81. The van der Waals surface area contributed by atoms with E-state index in [1.807, 2.05) is 12.3 Å². The molecule has 31 heavy (non-hydrogen) atoms. The highest BCUT2D eigenvalue weighted by molar-refractivity contribution is 5.79. The number of ether oxygens (including phenoxy) is 1. The van der Waals surface area contributed by atoms with Gasteiger partial charge in [0.15, 0.2) is 5.96 Å². The molecule has 0 spiro atoms. The third-order valence-electron chi connectivity index (χ3n) is 5.44. The van der Waals surface area contributed by atoms with E-state index in [0.717, 1.165) is 69.6 Å². The number of aliphatic imine (C=N–C) groups is 1. The molecule has 1 aliphatic rings. The summed E-state index contributed by atoms with van der Waals surface area (Å²) in [7, 11) is 1.80. The fraction of sp³-hybridized carbons (Fsp3) is 0.565. The van der Waals surface area contributed by atoms with E-state index < -0.39 is 0 Å². The number of hydrogen-bond acceptors (Lipinski definition) is 4. The summed E-state index contributed by atoms with van der Waals surface area (Å²) < 4.78 is 20.4. The molecule has 0 aliphatic carbocycles. The van der Waals surface area contributed by atoms with Crippen LogP contribution in [0.4, 0.5) is 4.39 Å². The van der Waals surface area contributed by atoms with E-state index in [9.17, 15) is 4.39 Å². The number of aromatic nitrogens is 2. The van der Waals surface area contributed by atoms with Crippen molar-refractivity contribution in [3.63, 3.8) is 0 Å². The maximum absolute atomic E-state index is 13.1. The second-order valence-corrected chi connectivity index (χ2v) is 8.29. The lowest BCUT2D eigenvalue weighted by Crippen LogP contribution is -2.51. The second-order valence-electron chi connectivity index (χ2n) is 8.29. The number of rotatable bonds is 9. The van der Waals surface area contributed by atoms with Crippen molar-refractivity contribution in [3.05, 3.63) is 48.0 Å². The van der Waals surface area contributed by atoms with Crippen LogP contribution in [0.25, 0.3) is 5.69 Å². The van der Waals surface area contributed by atoms with Gasteiger partial charge in [0.1, 0.15) is 5.82 Å². The van der Waals surface area contributed by atoms with Crippen molar-refractivity contribution in [3.8, 4) is 5.69 Å². The van der Waals surface area contributed by atoms with Crippen LogP contribution in [0.3, 0.4) is 0 Å². The van der Waals surface area contributed by atoms with Crippen LogP contribution in [0.1, 0.15) is 26.0 Å². The molecule has 1 aromatic heterocycles. The van der Waals surface area contributed by atoms with E-state index in [2.05, 4.69) is 39.5 Å². The zero-order chi connectivity index (χ0) is 22.1. The van der Waals surface area contributed by atoms with Crippen molar-refractivity contribution < 1.29 is 9.13 Å². The molecule has 1 unspecified atom stereocenters. The molecule has 2 heterocycles. The molecule has 0 radical (unpaired) electrons. The molecule has 7 nitrogen and oxygen atoms in total. The van der Waals surface area contributed by atoms with Crippen LogP contribution in [0, 0.1) is 11.7 Å². The van der Waals surface area contributed by atoms with Gasteiger partial charge >= 0.3 is 0 Å². The predicted molar refractivity (Wildman–Crippen MR) is 122 cm³/mol. The maximum Gasteiger partial charge on any atom is 0.191 e. The zero-order valence-electron chi connectivity index (χ0n) is 18.9. The van der Waals surface area contributed by atoms with Gasteiger partial charge in [0.2, 0.25) is 0 Å². The lowest BCUT2D eigenvalue weighted by atomic mass is 10.0. The molecule has 1 aliphatic heterocycles. The first-order valence-corrected chi connectivity index (χ1v) is 11.1. The van der Waals surface area contributed by atoms with Gasteiger partial charge in [0.05, 0.1) is 24.6 Å². The molecule has 2 aromatic rings. The topological polar surface area (TPSA) is 66.7 Å². The third-order valence-corrected chi connectivity index (χ3v) is 5.44. The van der Waals surface area contributed by atoms with Crippen molar-refractivity contribution in [1.82, 2.24) is 25.3 Å². The van der Waals surface area contributed by atoms with Gasteiger partial charge in [0, 0.05) is 51.9 Å². The fourth-order valence-corrected chi connectivity index (χ4v) is 3.82. The Labute approximate surface area is 184 Å². The summed E-state index contributed by atoms with van der Waals surface area (Å²) >= 11 is 0. The average molecular weight is 431 g/mol. The maximum atomic E-state index is 13.1. The van der Waals surface area contributed by atoms with Gasteiger partial charge in [-0.1, -0.05) is 13.8 Å². The van der Waals surface area contributed by atoms with Gasteiger partial charge in [-0.25, -0.2) is 9.07 Å². The van der Waals surface area contributed by atoms with Gasteiger partial charge in [0.25, 0.3) is 0 Å². The first kappa shape index (κ1) is 23.2. The molecule has 1 fully saturated rings. The minimum Gasteiger partial charge on any atom is -0.379 e. The molecule has 1 aromatic carbocycles. The second kappa shape index (κ2) is 11.8. The lowest BCUT2D eigenvalue weighted by Gasteiger charge is -2.35. The van der Waals surface area contributed by atoms with Crippen molar-refractivity contribution in [2.75, 3.05) is 46.4 Å². The van der Waals surface area contributed by atoms with Crippen LogP contribution in [-0.2, 0) is 11.2 Å². The third kappa shape index (κ3) is 7.33. The molecule has 170 valence electrons. The van der Waals surface area contributed by atoms with E-state index in [1.165, 1.54) is 12.1 Å². The zero-order valence-corrected chi connectivity index (χ0v) is 18.9. The fourth-order valence-electron chi connectivity index (χ4n) is 3.82. The summed E-state index contributed by atoms with van der Waals surface area (Å²) in [6.45, 7) is 9.72. The van der Waals surface area contributed by atoms with Crippen LogP contribution < -0.4 is 10.6 Å². The molecule has 8 heteroatoms. The normalized spacial score (nSPS) is 16.5. The van der Waals surface area contributed by atoms with E-state index >= 15 is 0 Å². The van der Waals surface area contributed by atoms with Crippen LogP contribution in [-0.4, -0.2) is 73.1 Å². The highest BCUT2D eigenvalue weighted by Crippen LogP contribution is 2.13. The van der Waals surface area contributed by atoms with Crippen LogP contribution in [0.15, 0.2) is 41.5 Å². The SMILES string of the molecule is CN=C(NCCc1ccn(-c2ccc(F)cc2)n1)NCC(CC(C)C)N1CCOCC1. The van der Waals surface area contributed by atoms with Crippen molar-refractivity contribution >= 4 is 5.96 Å². The summed E-state index contributed by atoms with van der Waals surface area (Å²) in [5.74, 6) is 1.20. The van der Waals surface area contributed by atoms with Gasteiger partial charge < -0.3 is 15.4 Å². The number of nitrogens with zero attached hydrogens (tertiary/aromatic N) is 4. The Morgan fingerprint density at radius 1 is 1.16 bits per heavy atom. The van der Waals surface area contributed by atoms with E-state index in [1.54, 1.807) is 23.9 Å². The van der Waals surface area contributed by atoms with E-state index in [4.69, 9.17) is 4.74 Å². The summed E-state index contributed by atoms with van der Waals surface area (Å²) in [5.41, 5.74) is 1.82. The Hall–Kier alpha value is -2.45. The first-order valence-electron chi connectivity index (χ1n) is 11.1. The van der Waals surface area contributed by atoms with Crippen molar-refractivity contribution in [2.24, 2.45) is 10.9 Å². The number of nitrogens with one attached hydrogen (secondary N) is 2. The summed E-state index contributed by atoms with van der Waals surface area (Å²) in [6, 6.07) is 8.78. The number of benzene rings is 1. The Balaban J connectivity index is 1.46. The average Bonchev–Trinajstić information content (AvgIpc) is 3.25. The standard InChI is InChI=1S/C23H35FN6O/c1-18(2)16-22(29-12-14-31-15-13-29)17-27-23(25-3)26-10-8-20-9-11-30(28-20)21-6-4-19(24)5-7-21/h4-7,9,11,18,22H,8,10,12-17H2,1-3H3,(H2,25,26,27). The largest absolute Gasteiger partial charge is 0.379 e. The Bertz CT molecular complexity index is 814. The molecular formula is C23H35FN6O. The number of halogens is 1. The van der Waals surface area contributed by atoms with E-state index in [0.29, 0.717) is 12.0 Å². The molecule has 0 saturated carbocycles.